The van der Waals surface area contributed by atoms with E-state index in [0.717, 1.165) is 0 Å². The summed E-state index contributed by atoms with van der Waals surface area (Å²) in [6, 6.07) is 18.5. The topological polar surface area (TPSA) is 54.4 Å². The van der Waals surface area contributed by atoms with Gasteiger partial charge in [0.2, 0.25) is 0 Å². The summed E-state index contributed by atoms with van der Waals surface area (Å²) in [4.78, 5) is 0.00463. The first-order valence-corrected chi connectivity index (χ1v) is 7.43. The predicted octanol–water partition coefficient (Wildman–Crippen LogP) is 3.74. The van der Waals surface area contributed by atoms with Crippen molar-refractivity contribution in [1.82, 2.24) is 0 Å². The van der Waals surface area contributed by atoms with Crippen LogP contribution < -0.4 is 0 Å². The summed E-state index contributed by atoms with van der Waals surface area (Å²) in [7, 11) is -4.08. The van der Waals surface area contributed by atoms with E-state index in [1.165, 1.54) is 6.07 Å². The normalized spacial score (nSPS) is 10.7. The average Bonchev–Trinajstić information content (AvgIpc) is 2.40. The first kappa shape index (κ1) is 15.4. The fourth-order valence-electron chi connectivity index (χ4n) is 1.58. The van der Waals surface area contributed by atoms with Crippen LogP contribution in [0.1, 0.15) is 25.3 Å². The van der Waals surface area contributed by atoms with E-state index >= 15 is 0 Å². The summed E-state index contributed by atoms with van der Waals surface area (Å²) < 4.78 is 30.7. The van der Waals surface area contributed by atoms with E-state index < -0.39 is 10.1 Å². The van der Waals surface area contributed by atoms with Gasteiger partial charge in [0.05, 0.1) is 4.90 Å². The fourth-order valence-corrected chi connectivity index (χ4v) is 2.43. The van der Waals surface area contributed by atoms with Gasteiger partial charge in [-0.1, -0.05) is 68.4 Å². The molecule has 0 aliphatic rings. The molecule has 0 bridgehead atoms. The molecule has 2 rings (SSSR count). The smallest absolute Gasteiger partial charge is 0.282 e. The van der Waals surface area contributed by atoms with Crippen molar-refractivity contribution in [1.29, 1.82) is 0 Å². The van der Waals surface area contributed by atoms with Gasteiger partial charge in [0.15, 0.2) is 0 Å². The van der Waals surface area contributed by atoms with Gasteiger partial charge in [0, 0.05) is 0 Å². The third-order valence-corrected chi connectivity index (χ3v) is 3.41. The third kappa shape index (κ3) is 5.24. The summed E-state index contributed by atoms with van der Waals surface area (Å²) >= 11 is 0. The standard InChI is InChI=1S/C9H12O3S.C6H6/c1-7(2)8-5-3-4-6-9(8)13(10,11)12;1-2-4-6-5-3-1/h3-7H,1-2H3,(H,10,11,12);1-6H. The summed E-state index contributed by atoms with van der Waals surface area (Å²) in [6.07, 6.45) is 0. The maximum Gasteiger partial charge on any atom is 0.294 e. The Morgan fingerprint density at radius 1 is 0.842 bits per heavy atom. The molecule has 0 unspecified atom stereocenters. The molecule has 2 aromatic rings. The van der Waals surface area contributed by atoms with E-state index in [1.54, 1.807) is 18.2 Å². The highest BCUT2D eigenvalue weighted by atomic mass is 32.2. The molecule has 0 aliphatic carbocycles. The van der Waals surface area contributed by atoms with Crippen LogP contribution in [0.3, 0.4) is 0 Å². The zero-order valence-corrected chi connectivity index (χ0v) is 11.8. The lowest BCUT2D eigenvalue weighted by Crippen LogP contribution is -2.03. The van der Waals surface area contributed by atoms with Crippen molar-refractivity contribution >= 4 is 10.1 Å². The van der Waals surface area contributed by atoms with Gasteiger partial charge in [0.1, 0.15) is 0 Å². The molecule has 2 aromatic carbocycles. The molecular weight excluding hydrogens is 260 g/mol. The lowest BCUT2D eigenvalue weighted by Gasteiger charge is -2.09. The number of hydrogen-bond donors (Lipinski definition) is 1. The Kier molecular flexibility index (Phi) is 5.73. The van der Waals surface area contributed by atoms with Crippen molar-refractivity contribution in [2.45, 2.75) is 24.7 Å². The minimum Gasteiger partial charge on any atom is -0.282 e. The molecule has 0 saturated heterocycles. The van der Waals surface area contributed by atoms with Crippen LogP contribution in [0, 0.1) is 0 Å². The highest BCUT2D eigenvalue weighted by molar-refractivity contribution is 7.85. The van der Waals surface area contributed by atoms with Crippen molar-refractivity contribution < 1.29 is 13.0 Å². The van der Waals surface area contributed by atoms with Gasteiger partial charge in [-0.3, -0.25) is 4.55 Å². The van der Waals surface area contributed by atoms with Gasteiger partial charge in [-0.2, -0.15) is 8.42 Å². The summed E-state index contributed by atoms with van der Waals surface area (Å²) in [5, 5.41) is 0. The molecule has 0 atom stereocenters. The molecule has 3 nitrogen and oxygen atoms in total. The molecule has 4 heteroatoms. The van der Waals surface area contributed by atoms with Crippen molar-refractivity contribution in [3.63, 3.8) is 0 Å². The highest BCUT2D eigenvalue weighted by Crippen LogP contribution is 2.22. The molecule has 0 fully saturated rings. The van der Waals surface area contributed by atoms with E-state index in [0.29, 0.717) is 5.56 Å². The van der Waals surface area contributed by atoms with E-state index in [2.05, 4.69) is 0 Å². The highest BCUT2D eigenvalue weighted by Gasteiger charge is 2.15. The van der Waals surface area contributed by atoms with Crippen LogP contribution in [-0.2, 0) is 10.1 Å². The molecule has 0 amide bonds. The quantitative estimate of drug-likeness (QED) is 0.851. The van der Waals surface area contributed by atoms with Crippen LogP contribution in [0.15, 0.2) is 65.6 Å². The van der Waals surface area contributed by atoms with Crippen LogP contribution in [0.25, 0.3) is 0 Å². The molecule has 102 valence electrons. The third-order valence-electron chi connectivity index (χ3n) is 2.49. The molecule has 19 heavy (non-hydrogen) atoms. The molecular formula is C15H18O3S. The maximum absolute atomic E-state index is 10.9. The lowest BCUT2D eigenvalue weighted by atomic mass is 10.0. The molecule has 0 spiro atoms. The van der Waals surface area contributed by atoms with Crippen molar-refractivity contribution in [2.75, 3.05) is 0 Å². The second-order valence-electron chi connectivity index (χ2n) is 4.32. The summed E-state index contributed by atoms with van der Waals surface area (Å²) in [5.41, 5.74) is 0.644. The van der Waals surface area contributed by atoms with Gasteiger partial charge in [-0.15, -0.1) is 0 Å². The monoisotopic (exact) mass is 278 g/mol. The molecule has 0 aliphatic heterocycles. The molecule has 0 heterocycles. The lowest BCUT2D eigenvalue weighted by molar-refractivity contribution is 0.481. The Morgan fingerprint density at radius 2 is 1.26 bits per heavy atom. The van der Waals surface area contributed by atoms with E-state index in [9.17, 15) is 8.42 Å². The minimum atomic E-state index is -4.08. The Balaban J connectivity index is 0.000000250. The van der Waals surface area contributed by atoms with Gasteiger partial charge in [-0.05, 0) is 17.5 Å². The Morgan fingerprint density at radius 3 is 1.58 bits per heavy atom. The van der Waals surface area contributed by atoms with Gasteiger partial charge in [0.25, 0.3) is 10.1 Å². The Hall–Kier alpha value is -1.65. The minimum absolute atomic E-state index is 0.00463. The maximum atomic E-state index is 10.9. The van der Waals surface area contributed by atoms with Gasteiger partial charge >= 0.3 is 0 Å². The SMILES string of the molecule is CC(C)c1ccccc1S(=O)(=O)O.c1ccccc1. The molecule has 0 saturated carbocycles. The van der Waals surface area contributed by atoms with Crippen molar-refractivity contribution in [3.05, 3.63) is 66.2 Å². The number of rotatable bonds is 2. The first-order valence-electron chi connectivity index (χ1n) is 5.99. The van der Waals surface area contributed by atoms with Gasteiger partial charge in [-0.25, -0.2) is 0 Å². The second kappa shape index (κ2) is 7.07. The van der Waals surface area contributed by atoms with Crippen LogP contribution in [-0.4, -0.2) is 13.0 Å². The average molecular weight is 278 g/mol. The number of hydrogen-bond acceptors (Lipinski definition) is 2. The van der Waals surface area contributed by atoms with Crippen LogP contribution in [0.4, 0.5) is 0 Å². The largest absolute Gasteiger partial charge is 0.294 e. The fraction of sp³-hybridized carbons (Fsp3) is 0.200. The van der Waals surface area contributed by atoms with E-state index in [-0.39, 0.29) is 10.8 Å². The second-order valence-corrected chi connectivity index (χ2v) is 5.71. The summed E-state index contributed by atoms with van der Waals surface area (Å²) in [5.74, 6) is 0.0816. The predicted molar refractivity (Wildman–Crippen MR) is 76.8 cm³/mol. The van der Waals surface area contributed by atoms with Crippen molar-refractivity contribution in [3.8, 4) is 0 Å². The molecule has 0 aromatic heterocycles. The van der Waals surface area contributed by atoms with E-state index in [4.69, 9.17) is 4.55 Å². The zero-order chi connectivity index (χ0) is 14.3. The molecule has 0 radical (unpaired) electrons. The van der Waals surface area contributed by atoms with Crippen LogP contribution >= 0.6 is 0 Å². The van der Waals surface area contributed by atoms with Gasteiger partial charge < -0.3 is 0 Å². The van der Waals surface area contributed by atoms with Crippen molar-refractivity contribution in [2.24, 2.45) is 0 Å². The van der Waals surface area contributed by atoms with Crippen LogP contribution in [0.2, 0.25) is 0 Å². The first-order chi connectivity index (χ1) is 8.93. The van der Waals surface area contributed by atoms with E-state index in [1.807, 2.05) is 50.2 Å². The van der Waals surface area contributed by atoms with Crippen LogP contribution in [0.5, 0.6) is 0 Å². The zero-order valence-electron chi connectivity index (χ0n) is 11.0. The summed E-state index contributed by atoms with van der Waals surface area (Å²) in [6.45, 7) is 3.76. The molecule has 1 N–H and O–H groups in total. The Bertz CT molecular complexity index is 563. The number of benzene rings is 2. The Labute approximate surface area is 114 Å².